The van der Waals surface area contributed by atoms with Gasteiger partial charge in [-0.15, -0.1) is 0 Å². The third-order valence-corrected chi connectivity index (χ3v) is 3.58. The van der Waals surface area contributed by atoms with E-state index < -0.39 is 0 Å². The maximum absolute atomic E-state index is 12.2. The Bertz CT molecular complexity index is 229. The average Bonchev–Trinajstić information content (AvgIpc) is 2.30. The number of aliphatic hydroxyl groups is 1. The Morgan fingerprint density at radius 1 is 1.44 bits per heavy atom. The summed E-state index contributed by atoms with van der Waals surface area (Å²) in [6.45, 7) is 8.42. The summed E-state index contributed by atoms with van der Waals surface area (Å²) in [6.07, 6.45) is 2.15. The molecule has 2 amide bonds. The molecule has 0 aromatic rings. The number of likely N-dealkylation sites (tertiary alicyclic amines) is 1. The molecule has 4 heteroatoms. The molecule has 1 saturated heterocycles. The van der Waals surface area contributed by atoms with Gasteiger partial charge in [0.2, 0.25) is 0 Å². The third-order valence-electron chi connectivity index (χ3n) is 3.58. The topological polar surface area (TPSA) is 43.8 Å². The van der Waals surface area contributed by atoms with Crippen molar-refractivity contribution in [1.29, 1.82) is 0 Å². The van der Waals surface area contributed by atoms with Gasteiger partial charge in [-0.2, -0.15) is 0 Å². The highest BCUT2D eigenvalue weighted by molar-refractivity contribution is 5.75. The van der Waals surface area contributed by atoms with Crippen LogP contribution in [0, 0.1) is 5.92 Å². The van der Waals surface area contributed by atoms with Crippen LogP contribution in [0.3, 0.4) is 0 Å². The maximum atomic E-state index is 12.2. The highest BCUT2D eigenvalue weighted by Crippen LogP contribution is 2.23. The van der Waals surface area contributed by atoms with Gasteiger partial charge in [-0.05, 0) is 32.6 Å². The van der Waals surface area contributed by atoms with Gasteiger partial charge in [0.05, 0.1) is 12.6 Å². The zero-order valence-electron chi connectivity index (χ0n) is 10.6. The second kappa shape index (κ2) is 6.09. The lowest BCUT2D eigenvalue weighted by molar-refractivity contribution is 0.0593. The van der Waals surface area contributed by atoms with Crippen LogP contribution in [0.15, 0.2) is 0 Å². The molecule has 0 aromatic carbocycles. The van der Waals surface area contributed by atoms with Crippen molar-refractivity contribution in [3.63, 3.8) is 0 Å². The number of hydrogen-bond donors (Lipinski definition) is 1. The summed E-state index contributed by atoms with van der Waals surface area (Å²) in [4.78, 5) is 15.9. The number of urea groups is 1. The first kappa shape index (κ1) is 13.3. The Hall–Kier alpha value is -0.770. The van der Waals surface area contributed by atoms with E-state index in [1.807, 2.05) is 23.6 Å². The van der Waals surface area contributed by atoms with Gasteiger partial charge in [-0.3, -0.25) is 0 Å². The van der Waals surface area contributed by atoms with Crippen molar-refractivity contribution in [2.24, 2.45) is 5.92 Å². The number of carbonyl (C=O) groups is 1. The normalized spacial score (nSPS) is 25.6. The molecule has 0 spiro atoms. The first-order chi connectivity index (χ1) is 7.65. The first-order valence-corrected chi connectivity index (χ1v) is 6.32. The second-order valence-corrected chi connectivity index (χ2v) is 4.52. The molecule has 4 nitrogen and oxygen atoms in total. The number of hydrogen-bond acceptors (Lipinski definition) is 2. The van der Waals surface area contributed by atoms with Crippen LogP contribution < -0.4 is 0 Å². The van der Waals surface area contributed by atoms with Gasteiger partial charge in [0, 0.05) is 19.6 Å². The molecule has 1 aliphatic rings. The molecule has 0 radical (unpaired) electrons. The van der Waals surface area contributed by atoms with Gasteiger partial charge in [0.15, 0.2) is 0 Å². The van der Waals surface area contributed by atoms with Gasteiger partial charge in [-0.25, -0.2) is 4.79 Å². The highest BCUT2D eigenvalue weighted by atomic mass is 16.3. The van der Waals surface area contributed by atoms with Crippen molar-refractivity contribution >= 4 is 6.03 Å². The number of nitrogens with zero attached hydrogens (tertiary/aromatic N) is 2. The van der Waals surface area contributed by atoms with E-state index in [0.717, 1.165) is 32.5 Å². The molecule has 1 rings (SSSR count). The molecule has 0 aliphatic carbocycles. The number of rotatable bonds is 3. The van der Waals surface area contributed by atoms with Gasteiger partial charge in [0.1, 0.15) is 0 Å². The second-order valence-electron chi connectivity index (χ2n) is 4.52. The molecular formula is C12H24N2O2. The Balaban J connectivity index is 2.72. The van der Waals surface area contributed by atoms with E-state index in [0.29, 0.717) is 5.92 Å². The molecule has 1 fully saturated rings. The van der Waals surface area contributed by atoms with Crippen LogP contribution in [-0.4, -0.2) is 53.2 Å². The lowest BCUT2D eigenvalue weighted by atomic mass is 9.91. The van der Waals surface area contributed by atoms with Crippen LogP contribution in [0.1, 0.15) is 33.6 Å². The molecule has 1 N–H and O–H groups in total. The smallest absolute Gasteiger partial charge is 0.320 e. The molecule has 94 valence electrons. The summed E-state index contributed by atoms with van der Waals surface area (Å²) in [5.41, 5.74) is 0. The van der Waals surface area contributed by atoms with E-state index in [-0.39, 0.29) is 18.7 Å². The fraction of sp³-hybridized carbons (Fsp3) is 0.917. The van der Waals surface area contributed by atoms with Crippen LogP contribution in [0.4, 0.5) is 4.79 Å². The van der Waals surface area contributed by atoms with Crippen LogP contribution in [0.5, 0.6) is 0 Å². The number of carbonyl (C=O) groups excluding carboxylic acids is 1. The van der Waals surface area contributed by atoms with Crippen molar-refractivity contribution in [2.75, 3.05) is 26.2 Å². The molecular weight excluding hydrogens is 204 g/mol. The van der Waals surface area contributed by atoms with Crippen molar-refractivity contribution in [3.8, 4) is 0 Å². The van der Waals surface area contributed by atoms with Gasteiger partial charge in [0.25, 0.3) is 0 Å². The minimum absolute atomic E-state index is 0.00171. The fourth-order valence-corrected chi connectivity index (χ4v) is 2.44. The Morgan fingerprint density at radius 2 is 2.06 bits per heavy atom. The van der Waals surface area contributed by atoms with E-state index in [4.69, 9.17) is 0 Å². The largest absolute Gasteiger partial charge is 0.394 e. The molecule has 1 heterocycles. The minimum Gasteiger partial charge on any atom is -0.394 e. The Kier molecular flexibility index (Phi) is 5.06. The minimum atomic E-state index is 0.00171. The summed E-state index contributed by atoms with van der Waals surface area (Å²) in [5.74, 6) is 0.401. The summed E-state index contributed by atoms with van der Waals surface area (Å²) in [6, 6.07) is 0.0810. The van der Waals surface area contributed by atoms with Crippen molar-refractivity contribution in [1.82, 2.24) is 9.80 Å². The third kappa shape index (κ3) is 2.67. The molecule has 16 heavy (non-hydrogen) atoms. The molecule has 0 saturated carbocycles. The van der Waals surface area contributed by atoms with E-state index in [1.165, 1.54) is 0 Å². The van der Waals surface area contributed by atoms with E-state index >= 15 is 0 Å². The zero-order chi connectivity index (χ0) is 12.1. The lowest BCUT2D eigenvalue weighted by Gasteiger charge is -2.41. The first-order valence-electron chi connectivity index (χ1n) is 6.32. The average molecular weight is 228 g/mol. The quantitative estimate of drug-likeness (QED) is 0.796. The summed E-state index contributed by atoms with van der Waals surface area (Å²) < 4.78 is 0. The number of piperidine rings is 1. The fourth-order valence-electron chi connectivity index (χ4n) is 2.44. The molecule has 1 aliphatic heterocycles. The number of aliphatic hydroxyl groups excluding tert-OH is 1. The van der Waals surface area contributed by atoms with Crippen molar-refractivity contribution in [2.45, 2.75) is 39.7 Å². The summed E-state index contributed by atoms with van der Waals surface area (Å²) in [5, 5.41) is 9.40. The predicted molar refractivity (Wildman–Crippen MR) is 64.3 cm³/mol. The number of amides is 2. The lowest BCUT2D eigenvalue weighted by Crippen LogP contribution is -2.54. The Labute approximate surface area is 98.2 Å². The molecule has 0 bridgehead atoms. The molecule has 2 atom stereocenters. The maximum Gasteiger partial charge on any atom is 0.320 e. The van der Waals surface area contributed by atoms with Crippen LogP contribution in [0.25, 0.3) is 0 Å². The van der Waals surface area contributed by atoms with Gasteiger partial charge >= 0.3 is 6.03 Å². The predicted octanol–water partition coefficient (Wildman–Crippen LogP) is 1.54. The highest BCUT2D eigenvalue weighted by Gasteiger charge is 2.32. The van der Waals surface area contributed by atoms with Crippen LogP contribution in [0.2, 0.25) is 0 Å². The molecule has 2 unspecified atom stereocenters. The summed E-state index contributed by atoms with van der Waals surface area (Å²) >= 11 is 0. The van der Waals surface area contributed by atoms with Gasteiger partial charge < -0.3 is 14.9 Å². The van der Waals surface area contributed by atoms with Crippen molar-refractivity contribution < 1.29 is 9.90 Å². The van der Waals surface area contributed by atoms with Crippen molar-refractivity contribution in [3.05, 3.63) is 0 Å². The van der Waals surface area contributed by atoms with Crippen LogP contribution in [-0.2, 0) is 0 Å². The summed E-state index contributed by atoms with van der Waals surface area (Å²) in [7, 11) is 0. The standard InChI is InChI=1S/C12H24N2O2/c1-4-13(5-2)12(16)14-8-6-7-10(3)11(14)9-15/h10-11,15H,4-9H2,1-3H3. The monoisotopic (exact) mass is 228 g/mol. The van der Waals surface area contributed by atoms with E-state index in [2.05, 4.69) is 6.92 Å². The van der Waals surface area contributed by atoms with E-state index in [1.54, 1.807) is 0 Å². The zero-order valence-corrected chi connectivity index (χ0v) is 10.6. The molecule has 0 aromatic heterocycles. The SMILES string of the molecule is CCN(CC)C(=O)N1CCCC(C)C1CO. The Morgan fingerprint density at radius 3 is 2.56 bits per heavy atom. The van der Waals surface area contributed by atoms with Crippen LogP contribution >= 0.6 is 0 Å². The van der Waals surface area contributed by atoms with E-state index in [9.17, 15) is 9.90 Å². The van der Waals surface area contributed by atoms with Gasteiger partial charge in [-0.1, -0.05) is 6.92 Å².